The van der Waals surface area contributed by atoms with Crippen molar-refractivity contribution in [1.82, 2.24) is 4.57 Å². The van der Waals surface area contributed by atoms with Crippen LogP contribution in [0.2, 0.25) is 0 Å². The molecule has 2 fully saturated rings. The van der Waals surface area contributed by atoms with E-state index in [1.807, 2.05) is 0 Å². The Morgan fingerprint density at radius 2 is 1.00 bits per heavy atom. The van der Waals surface area contributed by atoms with E-state index in [1.165, 1.54) is 0 Å². The molecule has 2 saturated heterocycles. The molecule has 18 nitrogen and oxygen atoms in total. The van der Waals surface area contributed by atoms with E-state index in [9.17, 15) is 33.6 Å². The summed E-state index contributed by atoms with van der Waals surface area (Å²) in [5.74, 6) is -5.63. The molecule has 2 aliphatic heterocycles. The standard InChI is InChI=1S/C31H41NO17/c1-14(33)40-12-22-26(28(44-18(5)37)27(43-17(4)36)24(47-22)21-9-10-32(8)11-21)49-31-30(46-20(7)39)29(45-19(6)38)25(42-16(3)35)23(48-31)13-41-15(2)34/h9-11,22-31H,12-13H2,1-8H3/t22-,23-,24+,25-,26-,27+,28+,29+,30-,31-/m1/s1. The summed E-state index contributed by atoms with van der Waals surface area (Å²) < 4.78 is 58.5. The molecule has 1 aromatic rings. The second kappa shape index (κ2) is 17.2. The predicted molar refractivity (Wildman–Crippen MR) is 158 cm³/mol. The first kappa shape index (κ1) is 38.9. The van der Waals surface area contributed by atoms with Gasteiger partial charge in [0, 0.05) is 73.5 Å². The molecule has 10 atom stereocenters. The van der Waals surface area contributed by atoms with Crippen LogP contribution in [0.4, 0.5) is 0 Å². The number of aryl methyl sites for hydroxylation is 1. The molecular formula is C31H41NO17. The highest BCUT2D eigenvalue weighted by Crippen LogP contribution is 2.40. The molecule has 272 valence electrons. The Kier molecular flexibility index (Phi) is 13.7. The van der Waals surface area contributed by atoms with Crippen LogP contribution in [0.3, 0.4) is 0 Å². The van der Waals surface area contributed by atoms with Gasteiger partial charge in [-0.2, -0.15) is 0 Å². The topological polar surface area (TPSA) is 217 Å². The Bertz CT molecular complexity index is 1390. The smallest absolute Gasteiger partial charge is 0.303 e. The molecule has 0 unspecified atom stereocenters. The molecular weight excluding hydrogens is 658 g/mol. The van der Waals surface area contributed by atoms with Crippen LogP contribution in [0.1, 0.15) is 60.1 Å². The minimum atomic E-state index is -1.75. The number of nitrogens with zero attached hydrogens (tertiary/aromatic N) is 1. The van der Waals surface area contributed by atoms with Crippen LogP contribution in [-0.2, 0) is 88.0 Å². The molecule has 0 aliphatic carbocycles. The van der Waals surface area contributed by atoms with Gasteiger partial charge in [0.25, 0.3) is 0 Å². The molecule has 1 aromatic heterocycles. The van der Waals surface area contributed by atoms with Crippen LogP contribution in [0.15, 0.2) is 18.5 Å². The van der Waals surface area contributed by atoms with Crippen molar-refractivity contribution >= 4 is 41.8 Å². The summed E-state index contributed by atoms with van der Waals surface area (Å²) in [5, 5.41) is 0. The second-order valence-electron chi connectivity index (χ2n) is 11.3. The van der Waals surface area contributed by atoms with Gasteiger partial charge in [0.15, 0.2) is 36.8 Å². The van der Waals surface area contributed by atoms with E-state index in [-0.39, 0.29) is 0 Å². The fraction of sp³-hybridized carbons (Fsp3) is 0.645. The first-order valence-electron chi connectivity index (χ1n) is 15.2. The lowest BCUT2D eigenvalue weighted by molar-refractivity contribution is -0.345. The number of rotatable bonds is 12. The van der Waals surface area contributed by atoms with Crippen molar-refractivity contribution in [2.45, 2.75) is 110 Å². The number of carbonyl (C=O) groups excluding carboxylic acids is 7. The van der Waals surface area contributed by atoms with Gasteiger partial charge < -0.3 is 51.9 Å². The number of esters is 7. The van der Waals surface area contributed by atoms with Gasteiger partial charge in [0.05, 0.1) is 0 Å². The van der Waals surface area contributed by atoms with Crippen LogP contribution >= 0.6 is 0 Å². The number of carbonyl (C=O) groups is 7. The van der Waals surface area contributed by atoms with E-state index in [2.05, 4.69) is 0 Å². The number of aromatic nitrogens is 1. The maximum atomic E-state index is 12.5. The normalized spacial score (nSPS) is 29.5. The van der Waals surface area contributed by atoms with E-state index in [0.29, 0.717) is 5.56 Å². The zero-order chi connectivity index (χ0) is 36.6. The zero-order valence-electron chi connectivity index (χ0n) is 28.3. The maximum Gasteiger partial charge on any atom is 0.303 e. The summed E-state index contributed by atoms with van der Waals surface area (Å²) >= 11 is 0. The van der Waals surface area contributed by atoms with E-state index in [4.69, 9.17) is 47.4 Å². The molecule has 0 radical (unpaired) electrons. The third kappa shape index (κ3) is 11.0. The first-order valence-corrected chi connectivity index (χ1v) is 15.2. The van der Waals surface area contributed by atoms with Crippen molar-refractivity contribution < 1.29 is 80.9 Å². The molecule has 0 N–H and O–H groups in total. The highest BCUT2D eigenvalue weighted by atomic mass is 16.8. The highest BCUT2D eigenvalue weighted by molar-refractivity contribution is 5.69. The molecule has 18 heteroatoms. The zero-order valence-corrected chi connectivity index (χ0v) is 28.3. The van der Waals surface area contributed by atoms with Crippen LogP contribution < -0.4 is 0 Å². The van der Waals surface area contributed by atoms with E-state index in [1.54, 1.807) is 30.1 Å². The van der Waals surface area contributed by atoms with Crippen molar-refractivity contribution in [3.05, 3.63) is 24.0 Å². The Morgan fingerprint density at radius 1 is 0.571 bits per heavy atom. The van der Waals surface area contributed by atoms with Gasteiger partial charge in [-0.25, -0.2) is 0 Å². The largest absolute Gasteiger partial charge is 0.463 e. The van der Waals surface area contributed by atoms with Crippen LogP contribution in [-0.4, -0.2) is 115 Å². The molecule has 2 aliphatic rings. The summed E-state index contributed by atoms with van der Waals surface area (Å²) in [6, 6.07) is 1.68. The first-order chi connectivity index (χ1) is 23.0. The lowest BCUT2D eigenvalue weighted by Crippen LogP contribution is -2.66. The molecule has 3 rings (SSSR count). The fourth-order valence-corrected chi connectivity index (χ4v) is 5.47. The SMILES string of the molecule is CC(=O)OC[C@H]1O[C@@H](c2ccn(C)c2)[C@H](OC(C)=O)[C@@H](OC(C)=O)[C@@H]1O[C@H]1O[C@H](COC(C)=O)[C@@H](OC(C)=O)[C@H](OC(C)=O)[C@H]1OC(C)=O. The Hall–Kier alpha value is -4.55. The fourth-order valence-electron chi connectivity index (χ4n) is 5.47. The monoisotopic (exact) mass is 699 g/mol. The van der Waals surface area contributed by atoms with Crippen molar-refractivity contribution in [2.24, 2.45) is 7.05 Å². The molecule has 0 bridgehead atoms. The summed E-state index contributed by atoms with van der Waals surface area (Å²) in [6.45, 7) is 6.64. The van der Waals surface area contributed by atoms with Crippen molar-refractivity contribution in [3.63, 3.8) is 0 Å². The summed E-state index contributed by atoms with van der Waals surface area (Å²) in [6.07, 6.45) is -11.2. The minimum Gasteiger partial charge on any atom is -0.463 e. The average molecular weight is 700 g/mol. The minimum absolute atomic E-state index is 0.473. The van der Waals surface area contributed by atoms with Gasteiger partial charge in [-0.15, -0.1) is 0 Å². The van der Waals surface area contributed by atoms with Gasteiger partial charge in [-0.3, -0.25) is 33.6 Å². The summed E-state index contributed by atoms with van der Waals surface area (Å²) in [5.41, 5.74) is 0.504. The highest BCUT2D eigenvalue weighted by Gasteiger charge is 2.57. The average Bonchev–Trinajstić information content (AvgIpc) is 3.40. The van der Waals surface area contributed by atoms with Gasteiger partial charge in [0.2, 0.25) is 0 Å². The third-order valence-electron chi connectivity index (χ3n) is 7.11. The molecule has 0 spiro atoms. The summed E-state index contributed by atoms with van der Waals surface area (Å²) in [7, 11) is 1.74. The van der Waals surface area contributed by atoms with Crippen molar-refractivity contribution in [1.29, 1.82) is 0 Å². The van der Waals surface area contributed by atoms with Crippen LogP contribution in [0.5, 0.6) is 0 Å². The molecule has 0 saturated carbocycles. The van der Waals surface area contributed by atoms with Crippen molar-refractivity contribution in [3.8, 4) is 0 Å². The number of hydrogen-bond acceptors (Lipinski definition) is 17. The second-order valence-corrected chi connectivity index (χ2v) is 11.3. The quantitative estimate of drug-likeness (QED) is 0.212. The van der Waals surface area contributed by atoms with E-state index < -0.39 is 116 Å². The molecule has 0 aromatic carbocycles. The van der Waals surface area contributed by atoms with Gasteiger partial charge in [-0.1, -0.05) is 0 Å². The molecule has 0 amide bonds. The Morgan fingerprint density at radius 3 is 1.45 bits per heavy atom. The van der Waals surface area contributed by atoms with E-state index >= 15 is 0 Å². The van der Waals surface area contributed by atoms with Crippen molar-refractivity contribution in [2.75, 3.05) is 13.2 Å². The van der Waals surface area contributed by atoms with Crippen LogP contribution in [0, 0.1) is 0 Å². The van der Waals surface area contributed by atoms with E-state index in [0.717, 1.165) is 48.5 Å². The molecule has 49 heavy (non-hydrogen) atoms. The third-order valence-corrected chi connectivity index (χ3v) is 7.11. The van der Waals surface area contributed by atoms with Gasteiger partial charge in [0.1, 0.15) is 37.6 Å². The predicted octanol–water partition coefficient (Wildman–Crippen LogP) is 0.360. The lowest BCUT2D eigenvalue weighted by Gasteiger charge is -2.48. The Labute approximate surface area is 281 Å². The molecule has 3 heterocycles. The lowest BCUT2D eigenvalue weighted by atomic mass is 9.91. The van der Waals surface area contributed by atoms with Crippen LogP contribution in [0.25, 0.3) is 0 Å². The number of hydrogen-bond donors (Lipinski definition) is 0. The van der Waals surface area contributed by atoms with Gasteiger partial charge in [-0.05, 0) is 6.07 Å². The Balaban J connectivity index is 2.18. The summed E-state index contributed by atoms with van der Waals surface area (Å²) in [4.78, 5) is 85.4. The maximum absolute atomic E-state index is 12.5. The number of ether oxygens (including phenoxy) is 10. The van der Waals surface area contributed by atoms with Gasteiger partial charge >= 0.3 is 41.8 Å².